The summed E-state index contributed by atoms with van der Waals surface area (Å²) in [6, 6.07) is 8.64. The minimum absolute atomic E-state index is 0.0586. The summed E-state index contributed by atoms with van der Waals surface area (Å²) in [5.74, 6) is 1.06. The molecule has 0 saturated carbocycles. The number of hydrogen-bond acceptors (Lipinski definition) is 5. The second kappa shape index (κ2) is 5.81. The van der Waals surface area contributed by atoms with Gasteiger partial charge in [-0.1, -0.05) is 12.1 Å². The minimum atomic E-state index is -0.0586. The predicted molar refractivity (Wildman–Crippen MR) is 97.3 cm³/mol. The highest BCUT2D eigenvalue weighted by Crippen LogP contribution is 2.36. The van der Waals surface area contributed by atoms with Crippen molar-refractivity contribution in [2.45, 2.75) is 31.7 Å². The molecule has 1 saturated heterocycles. The van der Waals surface area contributed by atoms with Crippen LogP contribution in [-0.2, 0) is 24.4 Å². The first-order valence-corrected chi connectivity index (χ1v) is 10.0. The van der Waals surface area contributed by atoms with Gasteiger partial charge in [-0.05, 0) is 29.3 Å². The van der Waals surface area contributed by atoms with Crippen molar-refractivity contribution in [1.29, 1.82) is 0 Å². The van der Waals surface area contributed by atoms with Crippen molar-refractivity contribution in [3.05, 3.63) is 51.9 Å². The van der Waals surface area contributed by atoms with Crippen molar-refractivity contribution in [2.75, 3.05) is 13.1 Å². The summed E-state index contributed by atoms with van der Waals surface area (Å²) in [7, 11) is 0. The van der Waals surface area contributed by atoms with Crippen LogP contribution in [0.15, 0.2) is 41.2 Å². The van der Waals surface area contributed by atoms with Gasteiger partial charge in [0.05, 0.1) is 23.3 Å². The Morgan fingerprint density at radius 3 is 2.92 bits per heavy atom. The largest absolute Gasteiger partial charge is 0.364 e. The zero-order chi connectivity index (χ0) is 16.0. The maximum atomic E-state index is 6.31. The van der Waals surface area contributed by atoms with Crippen LogP contribution in [0, 0.1) is 0 Å². The van der Waals surface area contributed by atoms with Gasteiger partial charge >= 0.3 is 0 Å². The number of ether oxygens (including phenoxy) is 1. The first kappa shape index (κ1) is 14.8. The van der Waals surface area contributed by atoms with E-state index in [0.29, 0.717) is 6.61 Å². The molecule has 4 nitrogen and oxygen atoms in total. The molecule has 0 amide bonds. The second-order valence-corrected chi connectivity index (χ2v) is 8.61. The van der Waals surface area contributed by atoms with Gasteiger partial charge in [-0.3, -0.25) is 4.90 Å². The van der Waals surface area contributed by atoms with Gasteiger partial charge in [0.1, 0.15) is 18.0 Å². The molecule has 1 spiro atoms. The van der Waals surface area contributed by atoms with Crippen LogP contribution in [-0.4, -0.2) is 33.1 Å². The fourth-order valence-corrected chi connectivity index (χ4v) is 5.30. The Kier molecular flexibility index (Phi) is 3.59. The summed E-state index contributed by atoms with van der Waals surface area (Å²) in [5, 5.41) is 4.28. The lowest BCUT2D eigenvalue weighted by atomic mass is 10.0. The predicted octanol–water partition coefficient (Wildman–Crippen LogP) is 3.85. The highest BCUT2D eigenvalue weighted by molar-refractivity contribution is 7.13. The summed E-state index contributed by atoms with van der Waals surface area (Å²) in [4.78, 5) is 9.83. The molecule has 0 unspecified atom stereocenters. The van der Waals surface area contributed by atoms with E-state index in [-0.39, 0.29) is 5.60 Å². The third-order valence-corrected chi connectivity index (χ3v) is 6.77. The number of likely N-dealkylation sites (tertiary alicyclic amines) is 1. The molecule has 124 valence electrons. The average Bonchev–Trinajstić information content (AvgIpc) is 3.35. The summed E-state index contributed by atoms with van der Waals surface area (Å²) in [6.45, 7) is 4.69. The lowest BCUT2D eigenvalue weighted by molar-refractivity contribution is -0.0821. The molecule has 0 aliphatic carbocycles. The van der Waals surface area contributed by atoms with Gasteiger partial charge in [0.15, 0.2) is 0 Å². The Morgan fingerprint density at radius 2 is 2.08 bits per heavy atom. The zero-order valence-electron chi connectivity index (χ0n) is 13.4. The van der Waals surface area contributed by atoms with E-state index in [0.717, 1.165) is 38.4 Å². The fraction of sp³-hybridized carbons (Fsp3) is 0.389. The Bertz CT molecular complexity index is 825. The first-order valence-electron chi connectivity index (χ1n) is 8.28. The van der Waals surface area contributed by atoms with E-state index >= 15 is 0 Å². The number of imidazole rings is 1. The molecule has 1 atom stereocenters. The van der Waals surface area contributed by atoms with Crippen molar-refractivity contribution in [1.82, 2.24) is 14.5 Å². The van der Waals surface area contributed by atoms with Gasteiger partial charge in [-0.25, -0.2) is 4.98 Å². The Morgan fingerprint density at radius 1 is 1.17 bits per heavy atom. The summed E-state index contributed by atoms with van der Waals surface area (Å²) < 4.78 is 8.69. The first-order chi connectivity index (χ1) is 11.8. The van der Waals surface area contributed by atoms with Crippen LogP contribution in [0.5, 0.6) is 0 Å². The van der Waals surface area contributed by atoms with Crippen molar-refractivity contribution >= 4 is 22.7 Å². The molecule has 1 fully saturated rings. The number of fused-ring (bicyclic) bond motifs is 1. The quantitative estimate of drug-likeness (QED) is 0.713. The van der Waals surface area contributed by atoms with E-state index in [1.807, 2.05) is 17.5 Å². The zero-order valence-corrected chi connectivity index (χ0v) is 15.0. The number of nitrogens with zero attached hydrogens (tertiary/aromatic N) is 3. The van der Waals surface area contributed by atoms with E-state index in [1.165, 1.54) is 15.4 Å². The highest BCUT2D eigenvalue weighted by atomic mass is 32.1. The molecule has 5 heterocycles. The monoisotopic (exact) mass is 357 g/mol. The van der Waals surface area contributed by atoms with Crippen LogP contribution in [0.1, 0.15) is 17.1 Å². The molecule has 3 aromatic rings. The molecule has 6 heteroatoms. The Hall–Kier alpha value is -1.47. The third kappa shape index (κ3) is 2.54. The lowest BCUT2D eigenvalue weighted by Gasteiger charge is -2.35. The molecule has 2 aliphatic heterocycles. The highest BCUT2D eigenvalue weighted by Gasteiger charge is 2.43. The minimum Gasteiger partial charge on any atom is -0.364 e. The van der Waals surface area contributed by atoms with Crippen LogP contribution >= 0.6 is 22.7 Å². The Balaban J connectivity index is 1.38. The van der Waals surface area contributed by atoms with Crippen LogP contribution in [0.3, 0.4) is 0 Å². The standard InChI is InChI=1S/C18H19N3OS2/c1-3-14(23-7-1)10-20-6-5-18(12-20)13-21-15(16-4-2-8-24-16)9-19-17(21)11-22-18/h1-4,7-9H,5-6,10-13H2/t18-/m1/s1. The number of thiophene rings is 2. The van der Waals surface area contributed by atoms with Crippen LogP contribution in [0.4, 0.5) is 0 Å². The molecular formula is C18H19N3OS2. The van der Waals surface area contributed by atoms with Gasteiger partial charge in [-0.15, -0.1) is 22.7 Å². The maximum absolute atomic E-state index is 6.31. The van der Waals surface area contributed by atoms with Crippen molar-refractivity contribution in [3.63, 3.8) is 0 Å². The van der Waals surface area contributed by atoms with Gasteiger partial charge in [0, 0.05) is 24.5 Å². The molecular weight excluding hydrogens is 338 g/mol. The van der Waals surface area contributed by atoms with Gasteiger partial charge < -0.3 is 9.30 Å². The maximum Gasteiger partial charge on any atom is 0.135 e. The van der Waals surface area contributed by atoms with Crippen molar-refractivity contribution < 1.29 is 4.74 Å². The SMILES string of the molecule is c1csc(CN2CC[C@@]3(C2)Cn2c(-c4cccs4)cnc2CO3)c1. The van der Waals surface area contributed by atoms with E-state index in [2.05, 4.69) is 49.5 Å². The van der Waals surface area contributed by atoms with E-state index in [9.17, 15) is 0 Å². The summed E-state index contributed by atoms with van der Waals surface area (Å²) in [5.41, 5.74) is 1.18. The molecule has 2 aliphatic rings. The fourth-order valence-electron chi connectivity index (χ4n) is 3.81. The third-order valence-electron chi connectivity index (χ3n) is 5.02. The molecule has 0 aromatic carbocycles. The molecule has 0 radical (unpaired) electrons. The van der Waals surface area contributed by atoms with Crippen LogP contribution in [0.2, 0.25) is 0 Å². The topological polar surface area (TPSA) is 30.3 Å². The van der Waals surface area contributed by atoms with E-state index in [4.69, 9.17) is 4.74 Å². The molecule has 3 aromatic heterocycles. The number of rotatable bonds is 3. The molecule has 0 bridgehead atoms. The molecule has 24 heavy (non-hydrogen) atoms. The molecule has 5 rings (SSSR count). The van der Waals surface area contributed by atoms with E-state index in [1.54, 1.807) is 11.3 Å². The van der Waals surface area contributed by atoms with Crippen molar-refractivity contribution in [2.24, 2.45) is 0 Å². The van der Waals surface area contributed by atoms with Gasteiger partial charge in [0.2, 0.25) is 0 Å². The Labute approximate surface area is 149 Å². The normalized spacial score (nSPS) is 23.8. The average molecular weight is 358 g/mol. The van der Waals surface area contributed by atoms with E-state index < -0.39 is 0 Å². The van der Waals surface area contributed by atoms with Crippen molar-refractivity contribution in [3.8, 4) is 10.6 Å². The van der Waals surface area contributed by atoms with Gasteiger partial charge in [0.25, 0.3) is 0 Å². The number of hydrogen-bond donors (Lipinski definition) is 0. The molecule has 0 N–H and O–H groups in total. The lowest BCUT2D eigenvalue weighted by Crippen LogP contribution is -2.44. The second-order valence-electron chi connectivity index (χ2n) is 6.63. The number of aromatic nitrogens is 2. The smallest absolute Gasteiger partial charge is 0.135 e. The van der Waals surface area contributed by atoms with Gasteiger partial charge in [-0.2, -0.15) is 0 Å². The van der Waals surface area contributed by atoms with Crippen LogP contribution in [0.25, 0.3) is 10.6 Å². The summed E-state index contributed by atoms with van der Waals surface area (Å²) >= 11 is 3.62. The summed E-state index contributed by atoms with van der Waals surface area (Å²) in [6.07, 6.45) is 3.10. The van der Waals surface area contributed by atoms with Crippen LogP contribution < -0.4 is 0 Å².